The summed E-state index contributed by atoms with van der Waals surface area (Å²) >= 11 is 0. The lowest BCUT2D eigenvalue weighted by Crippen LogP contribution is -2.16. The first-order valence-electron chi connectivity index (χ1n) is 6.26. The molecule has 0 radical (unpaired) electrons. The highest BCUT2D eigenvalue weighted by Crippen LogP contribution is 2.38. The predicted molar refractivity (Wildman–Crippen MR) is 64.9 cm³/mol. The summed E-state index contributed by atoms with van der Waals surface area (Å²) in [6.07, 6.45) is 12.9. The molecule has 0 spiro atoms. The Kier molecular flexibility index (Phi) is 5.07. The summed E-state index contributed by atoms with van der Waals surface area (Å²) in [5, 5.41) is 0. The zero-order valence-electron chi connectivity index (χ0n) is 10.2. The predicted octanol–water partition coefficient (Wildman–Crippen LogP) is 4.27. The molecule has 1 rings (SSSR count). The SMILES string of the molecule is CC1(C)CCC/C(=C/CCCCC=O)C1. The van der Waals surface area contributed by atoms with Crippen LogP contribution in [0.15, 0.2) is 11.6 Å². The number of rotatable bonds is 5. The summed E-state index contributed by atoms with van der Waals surface area (Å²) in [6.45, 7) is 4.73. The fraction of sp³-hybridized carbons (Fsp3) is 0.786. The number of aldehydes is 1. The van der Waals surface area contributed by atoms with E-state index in [0.29, 0.717) is 5.41 Å². The normalized spacial score (nSPS) is 22.9. The summed E-state index contributed by atoms with van der Waals surface area (Å²) in [4.78, 5) is 10.1. The van der Waals surface area contributed by atoms with E-state index < -0.39 is 0 Å². The van der Waals surface area contributed by atoms with Crippen LogP contribution in [0.4, 0.5) is 0 Å². The topological polar surface area (TPSA) is 17.1 Å². The van der Waals surface area contributed by atoms with Crippen molar-refractivity contribution >= 4 is 6.29 Å². The van der Waals surface area contributed by atoms with Gasteiger partial charge in [0, 0.05) is 6.42 Å². The Labute approximate surface area is 93.9 Å². The largest absolute Gasteiger partial charge is 0.303 e. The van der Waals surface area contributed by atoms with Crippen LogP contribution >= 0.6 is 0 Å². The van der Waals surface area contributed by atoms with Gasteiger partial charge in [0.2, 0.25) is 0 Å². The molecule has 1 aliphatic rings. The fourth-order valence-corrected chi connectivity index (χ4v) is 2.44. The van der Waals surface area contributed by atoms with Gasteiger partial charge in [-0.05, 0) is 50.4 Å². The van der Waals surface area contributed by atoms with E-state index in [1.807, 2.05) is 0 Å². The zero-order valence-corrected chi connectivity index (χ0v) is 10.2. The molecule has 0 heterocycles. The van der Waals surface area contributed by atoms with Crippen LogP contribution in [-0.4, -0.2) is 6.29 Å². The Morgan fingerprint density at radius 1 is 1.27 bits per heavy atom. The fourth-order valence-electron chi connectivity index (χ4n) is 2.44. The molecule has 0 aromatic rings. The van der Waals surface area contributed by atoms with Crippen molar-refractivity contribution in [2.24, 2.45) is 5.41 Å². The van der Waals surface area contributed by atoms with Gasteiger partial charge in [-0.25, -0.2) is 0 Å². The van der Waals surface area contributed by atoms with Gasteiger partial charge in [-0.3, -0.25) is 0 Å². The number of hydrogen-bond donors (Lipinski definition) is 0. The molecule has 1 heteroatoms. The van der Waals surface area contributed by atoms with E-state index in [0.717, 1.165) is 19.1 Å². The average molecular weight is 208 g/mol. The van der Waals surface area contributed by atoms with Crippen molar-refractivity contribution in [1.29, 1.82) is 0 Å². The molecule has 0 unspecified atom stereocenters. The van der Waals surface area contributed by atoms with E-state index in [2.05, 4.69) is 19.9 Å². The molecule has 1 nitrogen and oxygen atoms in total. The molecule has 86 valence electrons. The van der Waals surface area contributed by atoms with Crippen molar-refractivity contribution in [1.82, 2.24) is 0 Å². The Balaban J connectivity index is 2.23. The van der Waals surface area contributed by atoms with Gasteiger partial charge < -0.3 is 4.79 Å². The van der Waals surface area contributed by atoms with Crippen LogP contribution in [-0.2, 0) is 4.79 Å². The maximum Gasteiger partial charge on any atom is 0.119 e. The minimum atomic E-state index is 0.521. The molecule has 0 aliphatic heterocycles. The van der Waals surface area contributed by atoms with Crippen LogP contribution in [0.25, 0.3) is 0 Å². The summed E-state index contributed by atoms with van der Waals surface area (Å²) < 4.78 is 0. The minimum absolute atomic E-state index is 0.521. The zero-order chi connectivity index (χ0) is 11.1. The monoisotopic (exact) mass is 208 g/mol. The van der Waals surface area contributed by atoms with Crippen LogP contribution in [0, 0.1) is 5.41 Å². The molecular weight excluding hydrogens is 184 g/mol. The van der Waals surface area contributed by atoms with E-state index in [9.17, 15) is 4.79 Å². The first kappa shape index (κ1) is 12.5. The van der Waals surface area contributed by atoms with Crippen LogP contribution in [0.3, 0.4) is 0 Å². The average Bonchev–Trinajstić information content (AvgIpc) is 2.16. The van der Waals surface area contributed by atoms with E-state index in [1.54, 1.807) is 5.57 Å². The third-order valence-electron chi connectivity index (χ3n) is 3.27. The second-order valence-corrected chi connectivity index (χ2v) is 5.51. The standard InChI is InChI=1S/C14H24O/c1-14(2)10-7-9-13(12-14)8-5-3-4-6-11-15/h8,11H,3-7,9-10,12H2,1-2H3/b13-8-. The van der Waals surface area contributed by atoms with Crippen LogP contribution in [0.1, 0.15) is 65.2 Å². The summed E-state index contributed by atoms with van der Waals surface area (Å²) in [7, 11) is 0. The van der Waals surface area contributed by atoms with Crippen LogP contribution in [0.2, 0.25) is 0 Å². The van der Waals surface area contributed by atoms with E-state index in [4.69, 9.17) is 0 Å². The second-order valence-electron chi connectivity index (χ2n) is 5.51. The molecule has 0 bridgehead atoms. The molecule has 15 heavy (non-hydrogen) atoms. The maximum atomic E-state index is 10.1. The van der Waals surface area contributed by atoms with Gasteiger partial charge in [0.15, 0.2) is 0 Å². The summed E-state index contributed by atoms with van der Waals surface area (Å²) in [5.74, 6) is 0. The number of unbranched alkanes of at least 4 members (excludes halogenated alkanes) is 3. The van der Waals surface area contributed by atoms with Crippen LogP contribution in [0.5, 0.6) is 0 Å². The first-order valence-corrected chi connectivity index (χ1v) is 6.26. The Morgan fingerprint density at radius 3 is 2.67 bits per heavy atom. The number of allylic oxidation sites excluding steroid dienone is 2. The quantitative estimate of drug-likeness (QED) is 0.374. The molecule has 0 aromatic carbocycles. The lowest BCUT2D eigenvalue weighted by Gasteiger charge is -2.31. The van der Waals surface area contributed by atoms with Crippen molar-refractivity contribution < 1.29 is 4.79 Å². The molecule has 0 saturated heterocycles. The summed E-state index contributed by atoms with van der Waals surface area (Å²) in [5.41, 5.74) is 2.17. The number of hydrogen-bond acceptors (Lipinski definition) is 1. The smallest absolute Gasteiger partial charge is 0.119 e. The van der Waals surface area contributed by atoms with Gasteiger partial charge in [0.1, 0.15) is 6.29 Å². The highest BCUT2D eigenvalue weighted by molar-refractivity contribution is 5.48. The van der Waals surface area contributed by atoms with Crippen molar-refractivity contribution in [3.63, 3.8) is 0 Å². The van der Waals surface area contributed by atoms with Crippen molar-refractivity contribution in [3.8, 4) is 0 Å². The Morgan fingerprint density at radius 2 is 2.00 bits per heavy atom. The summed E-state index contributed by atoms with van der Waals surface area (Å²) in [6, 6.07) is 0. The highest BCUT2D eigenvalue weighted by Gasteiger charge is 2.23. The van der Waals surface area contributed by atoms with Gasteiger partial charge >= 0.3 is 0 Å². The van der Waals surface area contributed by atoms with Gasteiger partial charge in [-0.1, -0.05) is 25.5 Å². The third-order valence-corrected chi connectivity index (χ3v) is 3.27. The number of carbonyl (C=O) groups excluding carboxylic acids is 1. The third kappa shape index (κ3) is 5.15. The minimum Gasteiger partial charge on any atom is -0.303 e. The van der Waals surface area contributed by atoms with Crippen molar-refractivity contribution in [3.05, 3.63) is 11.6 Å². The Hall–Kier alpha value is -0.590. The number of carbonyl (C=O) groups is 1. The molecule has 1 saturated carbocycles. The van der Waals surface area contributed by atoms with Gasteiger partial charge in [0.05, 0.1) is 0 Å². The lowest BCUT2D eigenvalue weighted by atomic mass is 9.75. The lowest BCUT2D eigenvalue weighted by molar-refractivity contribution is -0.107. The van der Waals surface area contributed by atoms with Gasteiger partial charge in [0.25, 0.3) is 0 Å². The molecule has 0 amide bonds. The molecule has 1 aliphatic carbocycles. The maximum absolute atomic E-state index is 10.1. The van der Waals surface area contributed by atoms with Crippen LogP contribution < -0.4 is 0 Å². The molecule has 0 atom stereocenters. The Bertz CT molecular complexity index is 225. The van der Waals surface area contributed by atoms with Crippen molar-refractivity contribution in [2.45, 2.75) is 65.2 Å². The van der Waals surface area contributed by atoms with E-state index in [1.165, 1.54) is 38.5 Å². The molecule has 0 N–H and O–H groups in total. The highest BCUT2D eigenvalue weighted by atomic mass is 16.1. The van der Waals surface area contributed by atoms with Gasteiger partial charge in [-0.2, -0.15) is 0 Å². The van der Waals surface area contributed by atoms with Gasteiger partial charge in [-0.15, -0.1) is 0 Å². The molecule has 0 aromatic heterocycles. The van der Waals surface area contributed by atoms with E-state index in [-0.39, 0.29) is 0 Å². The molecular formula is C14H24O. The second kappa shape index (κ2) is 6.09. The first-order chi connectivity index (χ1) is 7.14. The molecule has 1 fully saturated rings. The van der Waals surface area contributed by atoms with Crippen molar-refractivity contribution in [2.75, 3.05) is 0 Å². The van der Waals surface area contributed by atoms with E-state index >= 15 is 0 Å².